The highest BCUT2D eigenvalue weighted by molar-refractivity contribution is 7.91. The lowest BCUT2D eigenvalue weighted by Crippen LogP contribution is -2.61. The minimum absolute atomic E-state index is 0.0443. The van der Waals surface area contributed by atoms with E-state index in [4.69, 9.17) is 4.74 Å². The zero-order valence-electron chi connectivity index (χ0n) is 15.6. The highest BCUT2D eigenvalue weighted by Gasteiger charge is 2.47. The number of methoxy groups -OCH3 is 1. The van der Waals surface area contributed by atoms with E-state index < -0.39 is 9.84 Å². The molecule has 2 aliphatic rings. The van der Waals surface area contributed by atoms with Gasteiger partial charge in [0.05, 0.1) is 24.2 Å². The number of sulfone groups is 1. The fourth-order valence-electron chi connectivity index (χ4n) is 3.83. The molecule has 0 aliphatic carbocycles. The molecule has 2 atom stereocenters. The van der Waals surface area contributed by atoms with Gasteiger partial charge in [-0.2, -0.15) is 0 Å². The molecule has 0 aromatic heterocycles. The van der Waals surface area contributed by atoms with Crippen LogP contribution in [0.3, 0.4) is 0 Å². The third-order valence-corrected chi connectivity index (χ3v) is 6.96. The van der Waals surface area contributed by atoms with E-state index in [0.717, 1.165) is 5.69 Å². The second kappa shape index (κ2) is 7.54. The molecule has 0 unspecified atom stereocenters. The molecule has 0 spiro atoms. The monoisotopic (exact) mass is 381 g/mol. The smallest absolute Gasteiger partial charge is 0.254 e. The molecule has 7 nitrogen and oxygen atoms in total. The summed E-state index contributed by atoms with van der Waals surface area (Å²) < 4.78 is 29.6. The summed E-state index contributed by atoms with van der Waals surface area (Å²) in [6.07, 6.45) is 0. The van der Waals surface area contributed by atoms with Gasteiger partial charge in [-0.05, 0) is 24.3 Å². The molecule has 144 valence electrons. The number of nitrogens with zero attached hydrogens (tertiary/aromatic N) is 3. The van der Waals surface area contributed by atoms with Crippen molar-refractivity contribution in [1.29, 1.82) is 0 Å². The SMILES string of the molecule is COCCN1CCN(C(=O)c2ccc(N(C)C)cc2)[C@H]2CS(=O)(=O)C[C@H]21. The Morgan fingerprint density at radius 1 is 1.15 bits per heavy atom. The number of rotatable bonds is 5. The molecule has 0 radical (unpaired) electrons. The normalized spacial score (nSPS) is 25.1. The highest BCUT2D eigenvalue weighted by atomic mass is 32.2. The number of piperazine rings is 1. The van der Waals surface area contributed by atoms with E-state index in [-0.39, 0.29) is 29.5 Å². The maximum absolute atomic E-state index is 13.0. The van der Waals surface area contributed by atoms with Gasteiger partial charge in [-0.1, -0.05) is 0 Å². The van der Waals surface area contributed by atoms with E-state index in [1.54, 1.807) is 12.0 Å². The molecule has 2 fully saturated rings. The fourth-order valence-corrected chi connectivity index (χ4v) is 5.84. The van der Waals surface area contributed by atoms with Crippen molar-refractivity contribution in [3.8, 4) is 0 Å². The first-order chi connectivity index (χ1) is 12.3. The third-order valence-electron chi connectivity index (χ3n) is 5.27. The van der Waals surface area contributed by atoms with Crippen molar-refractivity contribution in [3.63, 3.8) is 0 Å². The zero-order valence-corrected chi connectivity index (χ0v) is 16.4. The fraction of sp³-hybridized carbons (Fsp3) is 0.611. The largest absolute Gasteiger partial charge is 0.383 e. The lowest BCUT2D eigenvalue weighted by atomic mass is 10.0. The number of carbonyl (C=O) groups is 1. The van der Waals surface area contributed by atoms with Crippen LogP contribution in [0.5, 0.6) is 0 Å². The molecule has 2 saturated heterocycles. The quantitative estimate of drug-likeness (QED) is 0.732. The van der Waals surface area contributed by atoms with E-state index in [9.17, 15) is 13.2 Å². The molecule has 2 heterocycles. The molecule has 8 heteroatoms. The Kier molecular flexibility index (Phi) is 5.55. The first kappa shape index (κ1) is 19.1. The summed E-state index contributed by atoms with van der Waals surface area (Å²) in [5.74, 6) is 0.0710. The van der Waals surface area contributed by atoms with E-state index in [1.165, 1.54) is 0 Å². The molecule has 2 aliphatic heterocycles. The second-order valence-corrected chi connectivity index (χ2v) is 9.33. The first-order valence-corrected chi connectivity index (χ1v) is 10.7. The van der Waals surface area contributed by atoms with Gasteiger partial charge in [-0.15, -0.1) is 0 Å². The number of fused-ring (bicyclic) bond motifs is 1. The summed E-state index contributed by atoms with van der Waals surface area (Å²) >= 11 is 0. The minimum Gasteiger partial charge on any atom is -0.383 e. The maximum atomic E-state index is 13.0. The first-order valence-electron chi connectivity index (χ1n) is 8.84. The van der Waals surface area contributed by atoms with Crippen LogP contribution in [0.25, 0.3) is 0 Å². The average molecular weight is 381 g/mol. The Morgan fingerprint density at radius 3 is 2.42 bits per heavy atom. The summed E-state index contributed by atoms with van der Waals surface area (Å²) in [6, 6.07) is 7.01. The van der Waals surface area contributed by atoms with Crippen LogP contribution in [0, 0.1) is 0 Å². The Bertz CT molecular complexity index is 748. The van der Waals surface area contributed by atoms with Crippen molar-refractivity contribution in [1.82, 2.24) is 9.80 Å². The Labute approximate surface area is 155 Å². The maximum Gasteiger partial charge on any atom is 0.254 e. The molecular weight excluding hydrogens is 354 g/mol. The van der Waals surface area contributed by atoms with E-state index in [0.29, 0.717) is 31.8 Å². The number of amides is 1. The van der Waals surface area contributed by atoms with Gasteiger partial charge in [0.2, 0.25) is 0 Å². The molecule has 3 rings (SSSR count). The van der Waals surface area contributed by atoms with E-state index in [1.807, 2.05) is 43.3 Å². The lowest BCUT2D eigenvalue weighted by molar-refractivity contribution is 0.0247. The summed E-state index contributed by atoms with van der Waals surface area (Å²) in [5.41, 5.74) is 1.62. The number of ether oxygens (including phenoxy) is 1. The van der Waals surface area contributed by atoms with Gasteiger partial charge < -0.3 is 14.5 Å². The number of benzene rings is 1. The van der Waals surface area contributed by atoms with Crippen LogP contribution in [0.2, 0.25) is 0 Å². The molecule has 0 saturated carbocycles. The van der Waals surface area contributed by atoms with E-state index in [2.05, 4.69) is 4.90 Å². The van der Waals surface area contributed by atoms with Crippen LogP contribution in [0.4, 0.5) is 5.69 Å². The van der Waals surface area contributed by atoms with Crippen molar-refractivity contribution in [3.05, 3.63) is 29.8 Å². The van der Waals surface area contributed by atoms with Crippen LogP contribution in [0.1, 0.15) is 10.4 Å². The van der Waals surface area contributed by atoms with E-state index >= 15 is 0 Å². The van der Waals surface area contributed by atoms with Gasteiger partial charge in [0.15, 0.2) is 9.84 Å². The van der Waals surface area contributed by atoms with Gasteiger partial charge in [0, 0.05) is 58.1 Å². The summed E-state index contributed by atoms with van der Waals surface area (Å²) in [6.45, 7) is 2.45. The second-order valence-electron chi connectivity index (χ2n) is 7.18. The van der Waals surface area contributed by atoms with Gasteiger partial charge in [0.1, 0.15) is 0 Å². The lowest BCUT2D eigenvalue weighted by Gasteiger charge is -2.43. The van der Waals surface area contributed by atoms with Gasteiger partial charge in [-0.3, -0.25) is 9.69 Å². The highest BCUT2D eigenvalue weighted by Crippen LogP contribution is 2.28. The van der Waals surface area contributed by atoms with Crippen LogP contribution >= 0.6 is 0 Å². The van der Waals surface area contributed by atoms with Crippen LogP contribution in [0.15, 0.2) is 24.3 Å². The number of carbonyl (C=O) groups excluding carboxylic acids is 1. The Hall–Kier alpha value is -1.64. The van der Waals surface area contributed by atoms with Gasteiger partial charge in [-0.25, -0.2) is 8.42 Å². The molecule has 1 amide bonds. The third kappa shape index (κ3) is 3.87. The summed E-state index contributed by atoms with van der Waals surface area (Å²) in [7, 11) is 2.40. The Balaban J connectivity index is 1.80. The summed E-state index contributed by atoms with van der Waals surface area (Å²) in [5, 5.41) is 0. The summed E-state index contributed by atoms with van der Waals surface area (Å²) in [4.78, 5) is 18.9. The van der Waals surface area contributed by atoms with Gasteiger partial charge in [0.25, 0.3) is 5.91 Å². The molecule has 26 heavy (non-hydrogen) atoms. The van der Waals surface area contributed by atoms with Gasteiger partial charge >= 0.3 is 0 Å². The predicted molar refractivity (Wildman–Crippen MR) is 101 cm³/mol. The van der Waals surface area contributed by atoms with Crippen molar-refractivity contribution >= 4 is 21.4 Å². The molecular formula is C18H27N3O4S. The Morgan fingerprint density at radius 2 is 1.81 bits per heavy atom. The standard InChI is InChI=1S/C18H27N3O4S/c1-19(2)15-6-4-14(5-7-15)18(22)21-9-8-20(10-11-25-3)16-12-26(23,24)13-17(16)21/h4-7,16-17H,8-13H2,1-3H3/t16-,17+/m1/s1. The zero-order chi connectivity index (χ0) is 18.9. The predicted octanol–water partition coefficient (Wildman–Crippen LogP) is 0.322. The number of hydrogen-bond donors (Lipinski definition) is 0. The van der Waals surface area contributed by atoms with Crippen LogP contribution in [-0.2, 0) is 14.6 Å². The number of anilines is 1. The molecule has 0 N–H and O–H groups in total. The van der Waals surface area contributed by atoms with Crippen LogP contribution < -0.4 is 4.90 Å². The average Bonchev–Trinajstić information content (AvgIpc) is 2.94. The van der Waals surface area contributed by atoms with Crippen molar-refractivity contribution in [2.24, 2.45) is 0 Å². The van der Waals surface area contributed by atoms with Crippen molar-refractivity contribution < 1.29 is 17.9 Å². The minimum atomic E-state index is -3.14. The molecule has 0 bridgehead atoms. The topological polar surface area (TPSA) is 70.2 Å². The molecule has 1 aromatic rings. The molecule has 1 aromatic carbocycles. The van der Waals surface area contributed by atoms with Crippen molar-refractivity contribution in [2.75, 3.05) is 63.9 Å². The van der Waals surface area contributed by atoms with Crippen molar-refractivity contribution in [2.45, 2.75) is 12.1 Å². The van der Waals surface area contributed by atoms with Crippen LogP contribution in [-0.4, -0.2) is 95.2 Å². The number of hydrogen-bond acceptors (Lipinski definition) is 6.